The van der Waals surface area contributed by atoms with E-state index in [2.05, 4.69) is 47.9 Å². The van der Waals surface area contributed by atoms with Gasteiger partial charge < -0.3 is 15.5 Å². The number of hydrogen-bond acceptors (Lipinski definition) is 1. The molecule has 0 unspecified atom stereocenters. The third kappa shape index (κ3) is 6.02. The molecule has 1 fully saturated rings. The van der Waals surface area contributed by atoms with Gasteiger partial charge in [-0.2, -0.15) is 0 Å². The van der Waals surface area contributed by atoms with Gasteiger partial charge in [-0.15, -0.1) is 0 Å². The minimum absolute atomic E-state index is 0.547. The summed E-state index contributed by atoms with van der Waals surface area (Å²) in [6.45, 7) is 6.78. The molecule has 3 N–H and O–H groups in total. The molecule has 1 aliphatic rings. The van der Waals surface area contributed by atoms with Crippen LogP contribution in [0.3, 0.4) is 0 Å². The van der Waals surface area contributed by atoms with Gasteiger partial charge >= 0.3 is 0 Å². The van der Waals surface area contributed by atoms with Crippen molar-refractivity contribution in [2.45, 2.75) is 45.2 Å². The second-order valence-corrected chi connectivity index (χ2v) is 6.35. The monoisotopic (exact) mass is 306 g/mol. The summed E-state index contributed by atoms with van der Waals surface area (Å²) in [5.41, 5.74) is 1.44. The fourth-order valence-corrected chi connectivity index (χ4v) is 3.12. The minimum Gasteiger partial charge on any atom is -0.363 e. The van der Waals surface area contributed by atoms with Crippen molar-refractivity contribution in [2.75, 3.05) is 19.6 Å². The summed E-state index contributed by atoms with van der Waals surface area (Å²) in [4.78, 5) is 1.68. The maximum Gasteiger partial charge on any atom is 0.166 e. The average Bonchev–Trinajstić information content (AvgIpc) is 2.51. The smallest absolute Gasteiger partial charge is 0.166 e. The highest BCUT2D eigenvalue weighted by Gasteiger charge is 2.22. The van der Waals surface area contributed by atoms with Gasteiger partial charge in [-0.1, -0.05) is 43.7 Å². The third-order valence-corrected chi connectivity index (χ3v) is 4.40. The highest BCUT2D eigenvalue weighted by atomic mass is 32.1. The standard InChI is InChI=1S/C17H27N3S/c1-2-3-11-18-17(21)19-16-9-12-20(13-10-16)14-15-7-5-4-6-8-15/h4-8,16H,2-3,9-14H2,1H3,(H2,18,19,21)/p+1. The summed E-state index contributed by atoms with van der Waals surface area (Å²) in [6, 6.07) is 11.3. The highest BCUT2D eigenvalue weighted by molar-refractivity contribution is 7.80. The number of benzene rings is 1. The van der Waals surface area contributed by atoms with Gasteiger partial charge in [0.1, 0.15) is 6.54 Å². The van der Waals surface area contributed by atoms with Crippen molar-refractivity contribution in [2.24, 2.45) is 0 Å². The van der Waals surface area contributed by atoms with E-state index in [1.54, 1.807) is 4.90 Å². The summed E-state index contributed by atoms with van der Waals surface area (Å²) in [6.07, 6.45) is 4.80. The first-order chi connectivity index (χ1) is 10.3. The zero-order chi connectivity index (χ0) is 14.9. The van der Waals surface area contributed by atoms with Crippen LogP contribution in [-0.2, 0) is 6.54 Å². The topological polar surface area (TPSA) is 28.5 Å². The van der Waals surface area contributed by atoms with Crippen LogP contribution in [0.1, 0.15) is 38.2 Å². The first kappa shape index (κ1) is 16.2. The molecule has 0 aliphatic carbocycles. The third-order valence-electron chi connectivity index (χ3n) is 4.14. The molecule has 0 radical (unpaired) electrons. The van der Waals surface area contributed by atoms with Crippen LogP contribution in [0.5, 0.6) is 0 Å². The van der Waals surface area contributed by atoms with Gasteiger partial charge in [0.15, 0.2) is 5.11 Å². The number of piperidine rings is 1. The summed E-state index contributed by atoms with van der Waals surface area (Å²) < 4.78 is 0. The summed E-state index contributed by atoms with van der Waals surface area (Å²) >= 11 is 5.35. The van der Waals surface area contributed by atoms with Crippen molar-refractivity contribution >= 4 is 17.3 Å². The molecule has 1 aromatic carbocycles. The van der Waals surface area contributed by atoms with Crippen LogP contribution >= 0.6 is 12.2 Å². The molecule has 21 heavy (non-hydrogen) atoms. The fraction of sp³-hybridized carbons (Fsp3) is 0.588. The zero-order valence-corrected chi connectivity index (χ0v) is 13.8. The summed E-state index contributed by atoms with van der Waals surface area (Å²) in [7, 11) is 0. The second-order valence-electron chi connectivity index (χ2n) is 5.94. The number of likely N-dealkylation sites (tertiary alicyclic amines) is 1. The molecule has 1 aromatic rings. The Labute approximate surface area is 134 Å². The number of rotatable bonds is 6. The van der Waals surface area contributed by atoms with Crippen molar-refractivity contribution in [3.8, 4) is 0 Å². The highest BCUT2D eigenvalue weighted by Crippen LogP contribution is 2.01. The second kappa shape index (κ2) is 9.00. The maximum absolute atomic E-state index is 5.35. The van der Waals surface area contributed by atoms with E-state index in [-0.39, 0.29) is 0 Å². The van der Waals surface area contributed by atoms with Crippen molar-refractivity contribution in [3.05, 3.63) is 35.9 Å². The lowest BCUT2D eigenvalue weighted by atomic mass is 10.0. The lowest BCUT2D eigenvalue weighted by molar-refractivity contribution is -0.918. The van der Waals surface area contributed by atoms with Gasteiger partial charge in [0.25, 0.3) is 0 Å². The molecule has 0 saturated carbocycles. The van der Waals surface area contributed by atoms with Crippen molar-refractivity contribution < 1.29 is 4.90 Å². The van der Waals surface area contributed by atoms with Crippen molar-refractivity contribution in [3.63, 3.8) is 0 Å². The number of nitrogens with one attached hydrogen (secondary N) is 3. The van der Waals surface area contributed by atoms with E-state index in [0.29, 0.717) is 6.04 Å². The number of quaternary nitrogens is 1. The maximum atomic E-state index is 5.35. The SMILES string of the molecule is CCCCNC(=S)NC1CC[NH+](Cc2ccccc2)CC1. The Balaban J connectivity index is 1.65. The van der Waals surface area contributed by atoms with Crippen molar-refractivity contribution in [1.29, 1.82) is 0 Å². The number of thiocarbonyl (C=S) groups is 1. The Morgan fingerprint density at radius 1 is 1.24 bits per heavy atom. The van der Waals surface area contributed by atoms with E-state index in [9.17, 15) is 0 Å². The Hall–Kier alpha value is -1.13. The molecular formula is C17H28N3S+. The number of hydrogen-bond donors (Lipinski definition) is 3. The molecule has 1 heterocycles. The molecule has 3 nitrogen and oxygen atoms in total. The Morgan fingerprint density at radius 3 is 2.62 bits per heavy atom. The van der Waals surface area contributed by atoms with Gasteiger partial charge in [0.2, 0.25) is 0 Å². The molecule has 1 aliphatic heterocycles. The molecule has 4 heteroatoms. The van der Waals surface area contributed by atoms with E-state index < -0.39 is 0 Å². The molecular weight excluding hydrogens is 278 g/mol. The van der Waals surface area contributed by atoms with E-state index in [0.717, 1.165) is 18.2 Å². The summed E-state index contributed by atoms with van der Waals surface area (Å²) in [5.74, 6) is 0. The molecule has 116 valence electrons. The van der Waals surface area contributed by atoms with Crippen molar-refractivity contribution in [1.82, 2.24) is 10.6 Å². The fourth-order valence-electron chi connectivity index (χ4n) is 2.85. The van der Waals surface area contributed by atoms with Crippen LogP contribution in [0.4, 0.5) is 0 Å². The Bertz CT molecular complexity index is 413. The van der Waals surface area contributed by atoms with Crippen LogP contribution in [-0.4, -0.2) is 30.8 Å². The lowest BCUT2D eigenvalue weighted by Gasteiger charge is -2.30. The normalized spacial score (nSPS) is 21.8. The quantitative estimate of drug-likeness (QED) is 0.549. The Kier molecular flexibility index (Phi) is 6.96. The van der Waals surface area contributed by atoms with Gasteiger partial charge in [-0.25, -0.2) is 0 Å². The van der Waals surface area contributed by atoms with E-state index in [4.69, 9.17) is 12.2 Å². The van der Waals surface area contributed by atoms with Crippen LogP contribution in [0.15, 0.2) is 30.3 Å². The van der Waals surface area contributed by atoms with E-state index >= 15 is 0 Å². The molecule has 1 saturated heterocycles. The van der Waals surface area contributed by atoms with Gasteiger partial charge in [-0.3, -0.25) is 0 Å². The van der Waals surface area contributed by atoms with Gasteiger partial charge in [0.05, 0.1) is 13.1 Å². The first-order valence-electron chi connectivity index (χ1n) is 8.19. The first-order valence-corrected chi connectivity index (χ1v) is 8.60. The largest absolute Gasteiger partial charge is 0.363 e. The van der Waals surface area contributed by atoms with E-state index in [1.165, 1.54) is 44.3 Å². The Morgan fingerprint density at radius 2 is 1.95 bits per heavy atom. The van der Waals surface area contributed by atoms with Crippen LogP contribution < -0.4 is 15.5 Å². The molecule has 0 atom stereocenters. The van der Waals surface area contributed by atoms with Crippen LogP contribution in [0.25, 0.3) is 0 Å². The van der Waals surface area contributed by atoms with Gasteiger partial charge in [0, 0.05) is 31.0 Å². The molecule has 2 rings (SSSR count). The van der Waals surface area contributed by atoms with Crippen LogP contribution in [0, 0.1) is 0 Å². The zero-order valence-electron chi connectivity index (χ0n) is 13.0. The number of unbranched alkanes of at least 4 members (excludes halogenated alkanes) is 1. The molecule has 0 spiro atoms. The predicted molar refractivity (Wildman–Crippen MR) is 92.5 cm³/mol. The average molecular weight is 306 g/mol. The minimum atomic E-state index is 0.547. The lowest BCUT2D eigenvalue weighted by Crippen LogP contribution is -3.12. The molecule has 0 amide bonds. The molecule has 0 aromatic heterocycles. The van der Waals surface area contributed by atoms with Gasteiger partial charge in [-0.05, 0) is 18.6 Å². The predicted octanol–water partition coefficient (Wildman–Crippen LogP) is 1.50. The molecule has 0 bridgehead atoms. The van der Waals surface area contributed by atoms with E-state index in [1.807, 2.05) is 0 Å². The van der Waals surface area contributed by atoms with Crippen LogP contribution in [0.2, 0.25) is 0 Å². The summed E-state index contributed by atoms with van der Waals surface area (Å²) in [5, 5.41) is 7.60.